The second-order valence-electron chi connectivity index (χ2n) is 7.19. The number of rotatable bonds is 5. The first-order chi connectivity index (χ1) is 12.0. The molecule has 0 bridgehead atoms. The Labute approximate surface area is 163 Å². The number of nitrogens with two attached hydrogens (primary N) is 1. The van der Waals surface area contributed by atoms with E-state index in [1.807, 2.05) is 37.3 Å². The number of carbonyl (C=O) groups excluding carboxylic acids is 1. The topological polar surface area (TPSA) is 70.8 Å². The fourth-order valence-electron chi connectivity index (χ4n) is 2.98. The maximum absolute atomic E-state index is 12.1. The van der Waals surface area contributed by atoms with Gasteiger partial charge in [-0.2, -0.15) is 0 Å². The molecular formula is C20H32ClNO4. The van der Waals surface area contributed by atoms with Gasteiger partial charge in [-0.25, -0.2) is 0 Å². The first-order valence-electron chi connectivity index (χ1n) is 9.26. The third-order valence-corrected chi connectivity index (χ3v) is 4.34. The Morgan fingerprint density at radius 2 is 1.85 bits per heavy atom. The van der Waals surface area contributed by atoms with Crippen LogP contribution in [0.4, 0.5) is 0 Å². The van der Waals surface area contributed by atoms with Crippen LogP contribution in [-0.2, 0) is 14.3 Å². The number of benzene rings is 1. The summed E-state index contributed by atoms with van der Waals surface area (Å²) in [5.41, 5.74) is 5.91. The first kappa shape index (κ1) is 22.7. The van der Waals surface area contributed by atoms with Crippen LogP contribution in [-0.4, -0.2) is 36.9 Å². The van der Waals surface area contributed by atoms with Crippen molar-refractivity contribution in [2.24, 2.45) is 11.7 Å². The lowest BCUT2D eigenvalue weighted by Crippen LogP contribution is -2.47. The standard InChI is InChI=1S/C20H31NO4.ClH/c1-14(2)13-23-19-15(3)24-20(22)17(21)11-7-8-12-18(19)25-16-9-5-4-6-10-16;/h4-6,9-10,14-15,17-19H,7-8,11-13,21H2,1-3H3;1H/t15-,17-,18-,19-;/m0./s1. The van der Waals surface area contributed by atoms with Crippen LogP contribution in [0.15, 0.2) is 30.3 Å². The van der Waals surface area contributed by atoms with E-state index in [9.17, 15) is 4.79 Å². The predicted molar refractivity (Wildman–Crippen MR) is 105 cm³/mol. The molecular weight excluding hydrogens is 354 g/mol. The Morgan fingerprint density at radius 3 is 2.50 bits per heavy atom. The third kappa shape index (κ3) is 7.14. The molecule has 6 heteroatoms. The average molecular weight is 386 g/mol. The second kappa shape index (κ2) is 11.4. The fraction of sp³-hybridized carbons (Fsp3) is 0.650. The molecule has 1 aliphatic rings. The monoisotopic (exact) mass is 385 g/mol. The molecule has 0 amide bonds. The Bertz CT molecular complexity index is 526. The summed E-state index contributed by atoms with van der Waals surface area (Å²) in [6.45, 7) is 6.64. The molecule has 0 saturated carbocycles. The lowest BCUT2D eigenvalue weighted by Gasteiger charge is -2.33. The molecule has 1 fully saturated rings. The molecule has 1 heterocycles. The van der Waals surface area contributed by atoms with E-state index in [2.05, 4.69) is 13.8 Å². The van der Waals surface area contributed by atoms with Gasteiger partial charge in [-0.05, 0) is 44.2 Å². The van der Waals surface area contributed by atoms with Crippen LogP contribution in [0.2, 0.25) is 0 Å². The van der Waals surface area contributed by atoms with Crippen molar-refractivity contribution in [1.29, 1.82) is 0 Å². The van der Waals surface area contributed by atoms with Crippen LogP contribution in [0.5, 0.6) is 5.75 Å². The number of ether oxygens (including phenoxy) is 3. The molecule has 2 N–H and O–H groups in total. The average Bonchev–Trinajstić information content (AvgIpc) is 2.58. The van der Waals surface area contributed by atoms with Crippen molar-refractivity contribution in [2.75, 3.05) is 6.61 Å². The van der Waals surface area contributed by atoms with Gasteiger partial charge in [0.15, 0.2) is 0 Å². The van der Waals surface area contributed by atoms with Crippen LogP contribution in [0.1, 0.15) is 46.5 Å². The number of cyclic esters (lactones) is 1. The first-order valence-corrected chi connectivity index (χ1v) is 9.26. The molecule has 0 unspecified atom stereocenters. The molecule has 148 valence electrons. The van der Waals surface area contributed by atoms with Gasteiger partial charge in [0.05, 0.1) is 0 Å². The van der Waals surface area contributed by atoms with Crippen LogP contribution in [0.3, 0.4) is 0 Å². The van der Waals surface area contributed by atoms with E-state index in [0.29, 0.717) is 18.9 Å². The SMILES string of the molecule is CC(C)CO[C@H]1[C@H](C)OC(=O)[C@@H](N)CCCC[C@@H]1Oc1ccccc1.Cl. The van der Waals surface area contributed by atoms with Crippen LogP contribution < -0.4 is 10.5 Å². The molecule has 0 aromatic heterocycles. The molecule has 2 rings (SSSR count). The van der Waals surface area contributed by atoms with E-state index in [0.717, 1.165) is 25.0 Å². The van der Waals surface area contributed by atoms with Crippen molar-refractivity contribution in [3.05, 3.63) is 30.3 Å². The number of esters is 1. The van der Waals surface area contributed by atoms with E-state index in [1.165, 1.54) is 0 Å². The predicted octanol–water partition coefficient (Wildman–Crippen LogP) is 3.73. The minimum absolute atomic E-state index is 0. The number of para-hydroxylation sites is 1. The minimum Gasteiger partial charge on any atom is -0.488 e. The second-order valence-corrected chi connectivity index (χ2v) is 7.19. The van der Waals surface area contributed by atoms with Gasteiger partial charge in [-0.3, -0.25) is 4.79 Å². The summed E-state index contributed by atoms with van der Waals surface area (Å²) >= 11 is 0. The van der Waals surface area contributed by atoms with Crippen molar-refractivity contribution >= 4 is 18.4 Å². The third-order valence-electron chi connectivity index (χ3n) is 4.34. The van der Waals surface area contributed by atoms with Crippen LogP contribution >= 0.6 is 12.4 Å². The van der Waals surface area contributed by atoms with E-state index in [1.54, 1.807) is 0 Å². The van der Waals surface area contributed by atoms with Crippen LogP contribution in [0.25, 0.3) is 0 Å². The van der Waals surface area contributed by atoms with E-state index >= 15 is 0 Å². The van der Waals surface area contributed by atoms with Crippen molar-refractivity contribution < 1.29 is 19.0 Å². The molecule has 26 heavy (non-hydrogen) atoms. The lowest BCUT2D eigenvalue weighted by molar-refractivity contribution is -0.165. The van der Waals surface area contributed by atoms with Crippen LogP contribution in [0, 0.1) is 5.92 Å². The molecule has 1 aromatic rings. The summed E-state index contributed by atoms with van der Waals surface area (Å²) in [4.78, 5) is 12.1. The maximum atomic E-state index is 12.1. The molecule has 4 atom stereocenters. The highest BCUT2D eigenvalue weighted by atomic mass is 35.5. The highest BCUT2D eigenvalue weighted by Gasteiger charge is 2.34. The highest BCUT2D eigenvalue weighted by Crippen LogP contribution is 2.24. The summed E-state index contributed by atoms with van der Waals surface area (Å²) in [5, 5.41) is 0. The number of carbonyl (C=O) groups is 1. The maximum Gasteiger partial charge on any atom is 0.323 e. The van der Waals surface area contributed by atoms with Gasteiger partial charge < -0.3 is 19.9 Å². The Morgan fingerprint density at radius 1 is 1.19 bits per heavy atom. The zero-order chi connectivity index (χ0) is 18.2. The van der Waals surface area contributed by atoms with Gasteiger partial charge in [-0.1, -0.05) is 38.5 Å². The zero-order valence-electron chi connectivity index (χ0n) is 15.9. The Kier molecular flexibility index (Phi) is 9.99. The molecule has 1 saturated heterocycles. The summed E-state index contributed by atoms with van der Waals surface area (Å²) in [7, 11) is 0. The zero-order valence-corrected chi connectivity index (χ0v) is 16.7. The van der Waals surface area contributed by atoms with Gasteiger partial charge in [0, 0.05) is 6.61 Å². The minimum atomic E-state index is -0.556. The van der Waals surface area contributed by atoms with E-state index in [4.69, 9.17) is 19.9 Å². The molecule has 0 aliphatic carbocycles. The Hall–Kier alpha value is -1.30. The molecule has 1 aromatic carbocycles. The summed E-state index contributed by atoms with van der Waals surface area (Å²) < 4.78 is 17.9. The fourth-order valence-corrected chi connectivity index (χ4v) is 2.98. The molecule has 5 nitrogen and oxygen atoms in total. The van der Waals surface area contributed by atoms with Gasteiger partial charge in [-0.15, -0.1) is 12.4 Å². The lowest BCUT2D eigenvalue weighted by atomic mass is 9.99. The highest BCUT2D eigenvalue weighted by molar-refractivity contribution is 5.85. The Balaban J connectivity index is 0.00000338. The van der Waals surface area contributed by atoms with E-state index < -0.39 is 12.1 Å². The summed E-state index contributed by atoms with van der Waals surface area (Å²) in [5.74, 6) is 0.835. The quantitative estimate of drug-likeness (QED) is 0.782. The van der Waals surface area contributed by atoms with Crippen molar-refractivity contribution in [3.63, 3.8) is 0 Å². The number of hydrogen-bond donors (Lipinski definition) is 1. The van der Waals surface area contributed by atoms with Gasteiger partial charge in [0.25, 0.3) is 0 Å². The van der Waals surface area contributed by atoms with Crippen molar-refractivity contribution in [3.8, 4) is 5.75 Å². The number of halogens is 1. The number of hydrogen-bond acceptors (Lipinski definition) is 5. The van der Waals surface area contributed by atoms with E-state index in [-0.39, 0.29) is 30.6 Å². The van der Waals surface area contributed by atoms with Crippen molar-refractivity contribution in [1.82, 2.24) is 0 Å². The molecule has 1 aliphatic heterocycles. The summed E-state index contributed by atoms with van der Waals surface area (Å²) in [6, 6.07) is 9.17. The largest absolute Gasteiger partial charge is 0.488 e. The molecule has 0 spiro atoms. The van der Waals surface area contributed by atoms with Crippen molar-refractivity contribution in [2.45, 2.75) is 70.8 Å². The summed E-state index contributed by atoms with van der Waals surface area (Å²) in [6.07, 6.45) is 2.38. The normalized spacial score (nSPS) is 27.3. The van der Waals surface area contributed by atoms with Gasteiger partial charge >= 0.3 is 5.97 Å². The molecule has 0 radical (unpaired) electrons. The van der Waals surface area contributed by atoms with Gasteiger partial charge in [0.1, 0.15) is 30.1 Å². The smallest absolute Gasteiger partial charge is 0.323 e. The van der Waals surface area contributed by atoms with Gasteiger partial charge in [0.2, 0.25) is 0 Å².